The van der Waals surface area contributed by atoms with Gasteiger partial charge >= 0.3 is 5.97 Å². The number of benzene rings is 2. The fourth-order valence-corrected chi connectivity index (χ4v) is 2.88. The molecule has 0 saturated carbocycles. The second kappa shape index (κ2) is 7.65. The van der Waals surface area contributed by atoms with E-state index in [9.17, 15) is 18.8 Å². The molecule has 0 fully saturated rings. The quantitative estimate of drug-likeness (QED) is 0.518. The number of hydrogen-bond donors (Lipinski definition) is 2. The average Bonchev–Trinajstić information content (AvgIpc) is 2.65. The van der Waals surface area contributed by atoms with Gasteiger partial charge in [-0.15, -0.1) is 0 Å². The Morgan fingerprint density at radius 1 is 1.19 bits per heavy atom. The molecule has 0 radical (unpaired) electrons. The van der Waals surface area contributed by atoms with Gasteiger partial charge in [0.15, 0.2) is 0 Å². The fraction of sp³-hybridized carbons (Fsp3) is 0.0500. The average molecular weight is 366 g/mol. The number of aromatic amines is 1. The number of pyridine rings is 1. The number of nitrogens with one attached hydrogen (secondary N) is 1. The maximum absolute atomic E-state index is 13.9. The van der Waals surface area contributed by atoms with Gasteiger partial charge in [-0.3, -0.25) is 9.59 Å². The Balaban J connectivity index is 2.30. The zero-order chi connectivity index (χ0) is 19.4. The van der Waals surface area contributed by atoms with Gasteiger partial charge in [0, 0.05) is 29.1 Å². The van der Waals surface area contributed by atoms with Crippen LogP contribution in [0.5, 0.6) is 0 Å². The number of carbonyl (C=O) groups excluding carboxylic acids is 1. The first-order valence-electron chi connectivity index (χ1n) is 8.03. The normalized spacial score (nSPS) is 11.0. The first-order chi connectivity index (χ1) is 13.0. The largest absolute Gasteiger partial charge is 0.478 e. The van der Waals surface area contributed by atoms with E-state index < -0.39 is 17.3 Å². The minimum absolute atomic E-state index is 0.0179. The molecule has 3 aromatic rings. The number of aliphatic carboxylic acids is 1. The number of carboxylic acids is 1. The van der Waals surface area contributed by atoms with Gasteiger partial charge in [0.05, 0.1) is 0 Å². The summed E-state index contributed by atoms with van der Waals surface area (Å²) in [6, 6.07) is 12.8. The van der Waals surface area contributed by atoms with Gasteiger partial charge in [-0.2, -0.15) is 0 Å². The van der Waals surface area contributed by atoms with E-state index in [1.165, 1.54) is 24.3 Å². The third-order valence-corrected chi connectivity index (χ3v) is 3.99. The van der Waals surface area contributed by atoms with Crippen LogP contribution in [0.1, 0.15) is 0 Å². The summed E-state index contributed by atoms with van der Waals surface area (Å²) < 4.78 is 13.9. The zero-order valence-corrected chi connectivity index (χ0v) is 14.1. The lowest BCUT2D eigenvalue weighted by molar-refractivity contribution is -0.131. The highest BCUT2D eigenvalue weighted by molar-refractivity contribution is 6.03. The molecule has 1 aromatic heterocycles. The van der Waals surface area contributed by atoms with Crippen molar-refractivity contribution in [1.29, 1.82) is 0 Å². The molecule has 7 heteroatoms. The van der Waals surface area contributed by atoms with Crippen molar-refractivity contribution in [1.82, 2.24) is 4.98 Å². The molecule has 1 amide bonds. The third kappa shape index (κ3) is 3.77. The molecule has 3 rings (SSSR count). The van der Waals surface area contributed by atoms with Gasteiger partial charge in [0.25, 0.3) is 5.56 Å². The van der Waals surface area contributed by atoms with Crippen molar-refractivity contribution in [2.45, 2.75) is 0 Å². The number of hydrogen-bond acceptors (Lipinski definition) is 3. The van der Waals surface area contributed by atoms with Crippen LogP contribution >= 0.6 is 0 Å². The molecule has 6 nitrogen and oxygen atoms in total. The fourth-order valence-electron chi connectivity index (χ4n) is 2.88. The summed E-state index contributed by atoms with van der Waals surface area (Å²) in [4.78, 5) is 38.8. The molecule has 2 N–H and O–H groups in total. The predicted molar refractivity (Wildman–Crippen MR) is 100 cm³/mol. The number of halogens is 1. The van der Waals surface area contributed by atoms with Gasteiger partial charge in [-0.1, -0.05) is 36.4 Å². The Morgan fingerprint density at radius 2 is 1.93 bits per heavy atom. The summed E-state index contributed by atoms with van der Waals surface area (Å²) in [7, 11) is 0. The summed E-state index contributed by atoms with van der Waals surface area (Å²) in [5.41, 5.74) is 0.928. The van der Waals surface area contributed by atoms with Crippen LogP contribution in [0.15, 0.2) is 65.5 Å². The number of carboxylic acid groups (broad SMARTS) is 1. The van der Waals surface area contributed by atoms with Crippen molar-refractivity contribution in [3.05, 3.63) is 76.9 Å². The Labute approximate surface area is 153 Å². The van der Waals surface area contributed by atoms with Gasteiger partial charge in [-0.05, 0) is 23.8 Å². The first-order valence-corrected chi connectivity index (χ1v) is 8.03. The van der Waals surface area contributed by atoms with Gasteiger partial charge in [0.1, 0.15) is 11.5 Å². The molecule has 27 heavy (non-hydrogen) atoms. The minimum Gasteiger partial charge on any atom is -0.478 e. The van der Waals surface area contributed by atoms with Crippen molar-refractivity contribution in [3.8, 4) is 11.1 Å². The molecule has 0 saturated heterocycles. The molecular formula is C20H15FN2O4. The summed E-state index contributed by atoms with van der Waals surface area (Å²) in [6.07, 6.45) is 2.57. The molecule has 1 heterocycles. The highest BCUT2D eigenvalue weighted by Gasteiger charge is 2.19. The van der Waals surface area contributed by atoms with E-state index in [-0.39, 0.29) is 12.2 Å². The molecule has 0 spiro atoms. The van der Waals surface area contributed by atoms with Crippen LogP contribution in [0.3, 0.4) is 0 Å². The van der Waals surface area contributed by atoms with Crippen LogP contribution in [0, 0.1) is 5.82 Å². The number of aromatic nitrogens is 1. The van der Waals surface area contributed by atoms with E-state index in [2.05, 4.69) is 4.98 Å². The monoisotopic (exact) mass is 366 g/mol. The van der Waals surface area contributed by atoms with E-state index in [4.69, 9.17) is 5.11 Å². The van der Waals surface area contributed by atoms with Crippen molar-refractivity contribution in [2.24, 2.45) is 0 Å². The molecule has 0 aliphatic rings. The Bertz CT molecular complexity index is 1090. The summed E-state index contributed by atoms with van der Waals surface area (Å²) in [5, 5.41) is 9.16. The number of amides is 1. The standard InChI is InChI=1S/C20H15FN2O4/c21-14-8-9-16-15(11-14)18(13-5-2-1-3-6-13)19(20(27)22-16)23(12-24)10-4-7-17(25)26/h1-9,11-12H,10H2,(H,22,27)(H,25,26)/b7-4+. The maximum Gasteiger partial charge on any atom is 0.328 e. The first kappa shape index (κ1) is 18.1. The lowest BCUT2D eigenvalue weighted by Crippen LogP contribution is -2.29. The number of anilines is 1. The molecule has 2 aromatic carbocycles. The number of fused-ring (bicyclic) bond motifs is 1. The summed E-state index contributed by atoms with van der Waals surface area (Å²) >= 11 is 0. The van der Waals surface area contributed by atoms with Crippen molar-refractivity contribution in [2.75, 3.05) is 11.4 Å². The summed E-state index contributed by atoms with van der Waals surface area (Å²) in [6.45, 7) is -0.125. The van der Waals surface area contributed by atoms with Crippen LogP contribution in [0.4, 0.5) is 10.1 Å². The zero-order valence-electron chi connectivity index (χ0n) is 14.1. The number of carbonyl (C=O) groups is 2. The molecule has 0 atom stereocenters. The highest BCUT2D eigenvalue weighted by Crippen LogP contribution is 2.34. The molecule has 0 unspecified atom stereocenters. The minimum atomic E-state index is -1.17. The van der Waals surface area contributed by atoms with Crippen molar-refractivity contribution >= 4 is 29.0 Å². The summed E-state index contributed by atoms with van der Waals surface area (Å²) in [5.74, 6) is -1.65. The Hall–Kier alpha value is -3.74. The Kier molecular flexibility index (Phi) is 5.12. The van der Waals surface area contributed by atoms with Gasteiger partial charge in [0.2, 0.25) is 6.41 Å². The highest BCUT2D eigenvalue weighted by atomic mass is 19.1. The van der Waals surface area contributed by atoms with Crippen LogP contribution < -0.4 is 10.5 Å². The van der Waals surface area contributed by atoms with E-state index >= 15 is 0 Å². The molecule has 136 valence electrons. The van der Waals surface area contributed by atoms with Crippen LogP contribution in [0.2, 0.25) is 0 Å². The molecular weight excluding hydrogens is 351 g/mol. The second-order valence-corrected chi connectivity index (χ2v) is 5.73. The third-order valence-electron chi connectivity index (χ3n) is 3.99. The van der Waals surface area contributed by atoms with Crippen LogP contribution in [-0.4, -0.2) is 29.0 Å². The lowest BCUT2D eigenvalue weighted by atomic mass is 9.98. The molecule has 0 aliphatic carbocycles. The predicted octanol–water partition coefficient (Wildman–Crippen LogP) is 2.94. The Morgan fingerprint density at radius 3 is 2.59 bits per heavy atom. The maximum atomic E-state index is 13.9. The second-order valence-electron chi connectivity index (χ2n) is 5.73. The van der Waals surface area contributed by atoms with E-state index in [1.54, 1.807) is 30.3 Å². The van der Waals surface area contributed by atoms with E-state index in [0.717, 1.165) is 11.0 Å². The lowest BCUT2D eigenvalue weighted by Gasteiger charge is -2.20. The van der Waals surface area contributed by atoms with E-state index in [0.29, 0.717) is 28.4 Å². The van der Waals surface area contributed by atoms with Crippen LogP contribution in [-0.2, 0) is 9.59 Å². The van der Waals surface area contributed by atoms with Gasteiger partial charge in [-0.25, -0.2) is 9.18 Å². The SMILES string of the molecule is O=CN(C/C=C/C(=O)O)c1c(-c2ccccc2)c2cc(F)ccc2[nH]c1=O. The van der Waals surface area contributed by atoms with E-state index in [1.807, 2.05) is 0 Å². The number of nitrogens with zero attached hydrogens (tertiary/aromatic N) is 1. The molecule has 0 aliphatic heterocycles. The van der Waals surface area contributed by atoms with Gasteiger partial charge < -0.3 is 15.0 Å². The molecule has 0 bridgehead atoms. The number of rotatable bonds is 6. The number of H-pyrrole nitrogens is 1. The van der Waals surface area contributed by atoms with Crippen LogP contribution in [0.25, 0.3) is 22.0 Å². The smallest absolute Gasteiger partial charge is 0.328 e. The van der Waals surface area contributed by atoms with Crippen molar-refractivity contribution in [3.63, 3.8) is 0 Å². The van der Waals surface area contributed by atoms with Crippen molar-refractivity contribution < 1.29 is 19.1 Å². The topological polar surface area (TPSA) is 90.5 Å².